The van der Waals surface area contributed by atoms with Gasteiger partial charge in [0.15, 0.2) is 0 Å². The smallest absolute Gasteiger partial charge is 0.339 e. The van der Waals surface area contributed by atoms with Crippen LogP contribution in [0.3, 0.4) is 0 Å². The Balaban J connectivity index is 1.56. The Labute approximate surface area is 174 Å². The molecule has 3 aromatic rings. The molecule has 148 valence electrons. The third-order valence-electron chi connectivity index (χ3n) is 4.52. The van der Waals surface area contributed by atoms with Gasteiger partial charge in [0.2, 0.25) is 0 Å². The highest BCUT2D eigenvalue weighted by Crippen LogP contribution is 2.39. The van der Waals surface area contributed by atoms with Gasteiger partial charge in [0.25, 0.3) is 0 Å². The molecule has 0 radical (unpaired) electrons. The van der Waals surface area contributed by atoms with Crippen LogP contribution in [0.5, 0.6) is 5.75 Å². The molecule has 5 nitrogen and oxygen atoms in total. The van der Waals surface area contributed by atoms with Crippen molar-refractivity contribution >= 4 is 26.9 Å². The summed E-state index contributed by atoms with van der Waals surface area (Å²) in [6.45, 7) is 3.94. The van der Waals surface area contributed by atoms with E-state index in [0.29, 0.717) is 5.75 Å². The van der Waals surface area contributed by atoms with Crippen LogP contribution in [0.2, 0.25) is 0 Å². The van der Waals surface area contributed by atoms with Crippen molar-refractivity contribution in [1.29, 1.82) is 0 Å². The zero-order valence-electron chi connectivity index (χ0n) is 16.0. The molecule has 3 aromatic carbocycles. The molecule has 29 heavy (non-hydrogen) atoms. The topological polar surface area (TPSA) is 67.8 Å². The van der Waals surface area contributed by atoms with Crippen molar-refractivity contribution in [2.75, 3.05) is 0 Å². The number of hydrazone groups is 1. The highest BCUT2D eigenvalue weighted by atomic mass is 32.2. The first-order chi connectivity index (χ1) is 13.9. The molecule has 0 bridgehead atoms. The highest BCUT2D eigenvalue weighted by Gasteiger charge is 2.27. The molecule has 0 spiro atoms. The van der Waals surface area contributed by atoms with Gasteiger partial charge >= 0.3 is 10.1 Å². The molecule has 1 heterocycles. The lowest BCUT2D eigenvalue weighted by Crippen LogP contribution is -2.14. The third-order valence-corrected chi connectivity index (χ3v) is 6.92. The Morgan fingerprint density at radius 3 is 2.21 bits per heavy atom. The number of thioether (sulfide) groups is 1. The van der Waals surface area contributed by atoms with Crippen molar-refractivity contribution in [3.8, 4) is 5.75 Å². The average Bonchev–Trinajstić information content (AvgIpc) is 3.19. The first-order valence-corrected chi connectivity index (χ1v) is 11.4. The predicted molar refractivity (Wildman–Crippen MR) is 117 cm³/mol. The van der Waals surface area contributed by atoms with Gasteiger partial charge in [0.05, 0.1) is 0 Å². The van der Waals surface area contributed by atoms with Gasteiger partial charge in [0, 0.05) is 11.1 Å². The number of nitrogens with zero attached hydrogens (tertiary/aromatic N) is 1. The number of hydrogen-bond acceptors (Lipinski definition) is 6. The van der Waals surface area contributed by atoms with Crippen LogP contribution in [0, 0.1) is 13.8 Å². The first kappa shape index (κ1) is 19.5. The van der Waals surface area contributed by atoms with Crippen molar-refractivity contribution in [3.05, 3.63) is 95.1 Å². The summed E-state index contributed by atoms with van der Waals surface area (Å²) < 4.78 is 30.9. The third kappa shape index (κ3) is 4.31. The molecule has 4 rings (SSSR count). The normalized spacial score (nSPS) is 16.2. The number of benzene rings is 3. The lowest BCUT2D eigenvalue weighted by molar-refractivity contribution is 0.481. The average molecular weight is 425 g/mol. The minimum Gasteiger partial charge on any atom is -0.379 e. The standard InChI is InChI=1S/C22H20N2O3S2/c1-15-7-11-17(12-8-15)21-23-24-22(28-21)19-5-3-4-6-20(19)27-29(25,26)18-13-9-16(2)10-14-18/h3-14,22,24H,1-2H3. The van der Waals surface area contributed by atoms with Gasteiger partial charge in [-0.05, 0) is 32.0 Å². The van der Waals surface area contributed by atoms with E-state index in [0.717, 1.165) is 21.7 Å². The summed E-state index contributed by atoms with van der Waals surface area (Å²) in [6.07, 6.45) is 0. The Hall–Kier alpha value is -2.77. The summed E-state index contributed by atoms with van der Waals surface area (Å²) in [5.74, 6) is 0.290. The number of hydrogen-bond donors (Lipinski definition) is 1. The number of nitrogens with one attached hydrogen (secondary N) is 1. The minimum atomic E-state index is -3.93. The summed E-state index contributed by atoms with van der Waals surface area (Å²) in [7, 11) is -3.93. The van der Waals surface area contributed by atoms with Crippen molar-refractivity contribution < 1.29 is 12.6 Å². The summed E-state index contributed by atoms with van der Waals surface area (Å²) in [6, 6.07) is 21.8. The van der Waals surface area contributed by atoms with Gasteiger partial charge in [-0.25, -0.2) is 0 Å². The van der Waals surface area contributed by atoms with Gasteiger partial charge in [-0.1, -0.05) is 77.5 Å². The van der Waals surface area contributed by atoms with Gasteiger partial charge in [-0.2, -0.15) is 13.5 Å². The second kappa shape index (κ2) is 7.93. The van der Waals surface area contributed by atoms with Gasteiger partial charge in [0.1, 0.15) is 21.1 Å². The minimum absolute atomic E-state index is 0.126. The molecular weight excluding hydrogens is 404 g/mol. The van der Waals surface area contributed by atoms with E-state index < -0.39 is 10.1 Å². The lowest BCUT2D eigenvalue weighted by Gasteiger charge is -2.15. The number of rotatable bonds is 5. The van der Waals surface area contributed by atoms with Crippen molar-refractivity contribution in [3.63, 3.8) is 0 Å². The molecule has 7 heteroatoms. The molecule has 0 aromatic heterocycles. The predicted octanol–water partition coefficient (Wildman–Crippen LogP) is 4.77. The summed E-state index contributed by atoms with van der Waals surface area (Å²) in [5, 5.41) is 5.04. The molecule has 1 aliphatic rings. The molecule has 0 saturated carbocycles. The second-order valence-electron chi connectivity index (χ2n) is 6.80. The van der Waals surface area contributed by atoms with Gasteiger partial charge in [-0.3, -0.25) is 5.43 Å². The van der Waals surface area contributed by atoms with Gasteiger partial charge in [-0.15, -0.1) is 0 Å². The first-order valence-electron chi connectivity index (χ1n) is 9.09. The summed E-state index contributed by atoms with van der Waals surface area (Å²) in [4.78, 5) is 0.126. The zero-order valence-corrected chi connectivity index (χ0v) is 17.6. The SMILES string of the molecule is Cc1ccc(C2=NNC(c3ccccc3OS(=O)(=O)c3ccc(C)cc3)S2)cc1. The lowest BCUT2D eigenvalue weighted by atomic mass is 10.2. The molecule has 1 unspecified atom stereocenters. The number of aryl methyl sites for hydroxylation is 2. The van der Waals surface area contributed by atoms with E-state index in [-0.39, 0.29) is 10.3 Å². The van der Waals surface area contributed by atoms with E-state index in [1.54, 1.807) is 36.4 Å². The molecule has 0 amide bonds. The van der Waals surface area contributed by atoms with Crippen LogP contribution in [-0.2, 0) is 10.1 Å². The fourth-order valence-corrected chi connectivity index (χ4v) is 4.87. The molecule has 1 N–H and O–H groups in total. The summed E-state index contributed by atoms with van der Waals surface area (Å²) in [5.41, 5.74) is 6.99. The van der Waals surface area contributed by atoms with Crippen molar-refractivity contribution in [2.24, 2.45) is 5.10 Å². The van der Waals surface area contributed by atoms with Gasteiger partial charge < -0.3 is 4.18 Å². The van der Waals surface area contributed by atoms with Crippen LogP contribution >= 0.6 is 11.8 Å². The maximum atomic E-state index is 12.7. The van der Waals surface area contributed by atoms with Crippen molar-refractivity contribution in [1.82, 2.24) is 5.43 Å². The fraction of sp³-hybridized carbons (Fsp3) is 0.136. The molecule has 1 atom stereocenters. The molecule has 1 aliphatic heterocycles. The number of para-hydroxylation sites is 1. The second-order valence-corrected chi connectivity index (χ2v) is 9.44. The van der Waals surface area contributed by atoms with Crippen LogP contribution in [0.25, 0.3) is 0 Å². The van der Waals surface area contributed by atoms with Crippen LogP contribution in [0.15, 0.2) is 82.8 Å². The molecule has 0 aliphatic carbocycles. The van der Waals surface area contributed by atoms with Crippen LogP contribution in [-0.4, -0.2) is 13.5 Å². The van der Waals surface area contributed by atoms with E-state index in [2.05, 4.69) is 10.5 Å². The molecular formula is C22H20N2O3S2. The van der Waals surface area contributed by atoms with Crippen LogP contribution in [0.4, 0.5) is 0 Å². The zero-order chi connectivity index (χ0) is 20.4. The molecule has 0 saturated heterocycles. The summed E-state index contributed by atoms with van der Waals surface area (Å²) >= 11 is 1.52. The van der Waals surface area contributed by atoms with Crippen LogP contribution in [0.1, 0.15) is 27.6 Å². The van der Waals surface area contributed by atoms with E-state index in [9.17, 15) is 8.42 Å². The molecule has 0 fully saturated rings. The fourth-order valence-electron chi connectivity index (χ4n) is 2.89. The van der Waals surface area contributed by atoms with Crippen molar-refractivity contribution in [2.45, 2.75) is 24.1 Å². The van der Waals surface area contributed by atoms with E-state index >= 15 is 0 Å². The largest absolute Gasteiger partial charge is 0.379 e. The van der Waals surface area contributed by atoms with E-state index in [1.165, 1.54) is 17.3 Å². The quantitative estimate of drug-likeness (QED) is 0.598. The Kier molecular flexibility index (Phi) is 5.34. The maximum absolute atomic E-state index is 12.7. The van der Waals surface area contributed by atoms with Crippen LogP contribution < -0.4 is 9.61 Å². The van der Waals surface area contributed by atoms with E-state index in [1.807, 2.05) is 50.2 Å². The Morgan fingerprint density at radius 1 is 0.897 bits per heavy atom. The highest BCUT2D eigenvalue weighted by molar-refractivity contribution is 8.14. The Morgan fingerprint density at radius 2 is 1.52 bits per heavy atom. The monoisotopic (exact) mass is 424 g/mol. The Bertz CT molecular complexity index is 1160. The maximum Gasteiger partial charge on any atom is 0.339 e. The van der Waals surface area contributed by atoms with E-state index in [4.69, 9.17) is 4.18 Å².